The van der Waals surface area contributed by atoms with Gasteiger partial charge in [0.2, 0.25) is 0 Å². The number of ether oxygens (including phenoxy) is 2. The van der Waals surface area contributed by atoms with Gasteiger partial charge in [0, 0.05) is 14.1 Å². The molecule has 2 aromatic heterocycles. The number of Topliss-reactive ketones (excluding diaryl/α,β-unsaturated/α-hetero) is 1. The van der Waals surface area contributed by atoms with Crippen molar-refractivity contribution in [3.8, 4) is 17.1 Å². The summed E-state index contributed by atoms with van der Waals surface area (Å²) in [5.41, 5.74) is 2.77. The molecule has 9 nitrogen and oxygen atoms in total. The average molecular weight is 403 g/mol. The van der Waals surface area contributed by atoms with Gasteiger partial charge in [-0.3, -0.25) is 0 Å². The molecule has 1 amide bonds. The predicted molar refractivity (Wildman–Crippen MR) is 107 cm³/mol. The number of nitrogens with zero attached hydrogens (tertiary/aromatic N) is 4. The lowest BCUT2D eigenvalue weighted by Crippen LogP contribution is -2.19. The highest BCUT2D eigenvalue weighted by Gasteiger charge is 2.20. The molecule has 0 radical (unpaired) electrons. The van der Waals surface area contributed by atoms with Crippen LogP contribution in [0.5, 0.6) is 5.75 Å². The first kappa shape index (κ1) is 22.3. The van der Waals surface area contributed by atoms with Crippen molar-refractivity contribution < 1.29 is 19.1 Å². The first-order valence-electron chi connectivity index (χ1n) is 9.66. The SMILES string of the molecule is CC(C)=O.CNC(=O)OCc1c(-c2ccc(OC3CCCC3)c(C)n2)nnn1C. The third-order valence-corrected chi connectivity index (χ3v) is 4.36. The van der Waals surface area contributed by atoms with Crippen molar-refractivity contribution in [1.82, 2.24) is 25.3 Å². The minimum atomic E-state index is -0.503. The molecular formula is C20H29N5O4. The highest BCUT2D eigenvalue weighted by molar-refractivity contribution is 5.72. The molecule has 158 valence electrons. The molecule has 1 aliphatic carbocycles. The molecule has 0 unspecified atom stereocenters. The molecular weight excluding hydrogens is 374 g/mol. The number of aromatic nitrogens is 4. The summed E-state index contributed by atoms with van der Waals surface area (Å²) in [5.74, 6) is 0.975. The van der Waals surface area contributed by atoms with E-state index >= 15 is 0 Å². The summed E-state index contributed by atoms with van der Waals surface area (Å²) in [7, 11) is 3.27. The number of nitrogens with one attached hydrogen (secondary N) is 1. The molecule has 0 spiro atoms. The van der Waals surface area contributed by atoms with Crippen molar-refractivity contribution in [3.63, 3.8) is 0 Å². The number of pyridine rings is 1. The highest BCUT2D eigenvalue weighted by Crippen LogP contribution is 2.28. The summed E-state index contributed by atoms with van der Waals surface area (Å²) < 4.78 is 12.7. The average Bonchev–Trinajstić information content (AvgIpc) is 3.30. The Labute approximate surface area is 170 Å². The topological polar surface area (TPSA) is 108 Å². The van der Waals surface area contributed by atoms with Crippen LogP contribution in [0.4, 0.5) is 4.79 Å². The number of carbonyl (C=O) groups is 2. The Hall–Kier alpha value is -2.97. The van der Waals surface area contributed by atoms with Gasteiger partial charge < -0.3 is 19.6 Å². The van der Waals surface area contributed by atoms with Crippen LogP contribution >= 0.6 is 0 Å². The molecule has 3 rings (SSSR count). The highest BCUT2D eigenvalue weighted by atomic mass is 16.5. The second kappa shape index (κ2) is 10.5. The molecule has 29 heavy (non-hydrogen) atoms. The zero-order valence-corrected chi connectivity index (χ0v) is 17.7. The first-order chi connectivity index (χ1) is 13.8. The third-order valence-electron chi connectivity index (χ3n) is 4.36. The van der Waals surface area contributed by atoms with Gasteiger partial charge in [-0.25, -0.2) is 14.5 Å². The maximum absolute atomic E-state index is 11.3. The number of alkyl carbamates (subject to hydrolysis) is 1. The number of aryl methyl sites for hydroxylation is 2. The van der Waals surface area contributed by atoms with Gasteiger partial charge in [0.25, 0.3) is 0 Å². The first-order valence-corrected chi connectivity index (χ1v) is 9.66. The van der Waals surface area contributed by atoms with Crippen LogP contribution in [0.3, 0.4) is 0 Å². The number of hydrogen-bond donors (Lipinski definition) is 1. The normalized spacial score (nSPS) is 13.4. The lowest BCUT2D eigenvalue weighted by atomic mass is 10.2. The van der Waals surface area contributed by atoms with Crippen LogP contribution in [0.15, 0.2) is 12.1 Å². The Kier molecular flexibility index (Phi) is 8.11. The van der Waals surface area contributed by atoms with Crippen molar-refractivity contribution in [2.24, 2.45) is 7.05 Å². The molecule has 2 aromatic rings. The number of ketones is 1. The van der Waals surface area contributed by atoms with E-state index in [0.29, 0.717) is 23.2 Å². The fourth-order valence-electron chi connectivity index (χ4n) is 2.93. The third kappa shape index (κ3) is 6.55. The molecule has 1 saturated carbocycles. The summed E-state index contributed by atoms with van der Waals surface area (Å²) >= 11 is 0. The molecule has 9 heteroatoms. The van der Waals surface area contributed by atoms with E-state index in [2.05, 4.69) is 20.6 Å². The Bertz CT molecular complexity index is 839. The van der Waals surface area contributed by atoms with Gasteiger partial charge >= 0.3 is 6.09 Å². The van der Waals surface area contributed by atoms with Crippen molar-refractivity contribution in [3.05, 3.63) is 23.5 Å². The van der Waals surface area contributed by atoms with E-state index in [1.165, 1.54) is 33.7 Å². The van der Waals surface area contributed by atoms with Gasteiger partial charge in [0.15, 0.2) is 0 Å². The van der Waals surface area contributed by atoms with Gasteiger partial charge in [0.1, 0.15) is 29.5 Å². The lowest BCUT2D eigenvalue weighted by molar-refractivity contribution is -0.115. The Balaban J connectivity index is 0.000000687. The van der Waals surface area contributed by atoms with Crippen molar-refractivity contribution in [2.75, 3.05) is 7.05 Å². The molecule has 0 atom stereocenters. The number of amides is 1. The van der Waals surface area contributed by atoms with E-state index in [1.807, 2.05) is 19.1 Å². The van der Waals surface area contributed by atoms with Gasteiger partial charge in [-0.1, -0.05) is 5.21 Å². The maximum Gasteiger partial charge on any atom is 0.407 e. The van der Waals surface area contributed by atoms with E-state index in [0.717, 1.165) is 24.3 Å². The zero-order valence-electron chi connectivity index (χ0n) is 17.7. The Morgan fingerprint density at radius 2 is 1.90 bits per heavy atom. The van der Waals surface area contributed by atoms with E-state index in [9.17, 15) is 9.59 Å². The quantitative estimate of drug-likeness (QED) is 0.817. The summed E-state index contributed by atoms with van der Waals surface area (Å²) in [4.78, 5) is 25.4. The van der Waals surface area contributed by atoms with Crippen LogP contribution in [-0.2, 0) is 23.2 Å². The number of hydrogen-bond acceptors (Lipinski definition) is 7. The minimum Gasteiger partial charge on any atom is -0.489 e. The molecule has 0 aliphatic heterocycles. The largest absolute Gasteiger partial charge is 0.489 e. The molecule has 1 aliphatic rings. The van der Waals surface area contributed by atoms with Crippen LogP contribution < -0.4 is 10.1 Å². The van der Waals surface area contributed by atoms with Crippen LogP contribution in [-0.4, -0.2) is 45.0 Å². The van der Waals surface area contributed by atoms with Crippen LogP contribution in [0.25, 0.3) is 11.4 Å². The van der Waals surface area contributed by atoms with E-state index in [1.54, 1.807) is 11.7 Å². The smallest absolute Gasteiger partial charge is 0.407 e. The van der Waals surface area contributed by atoms with E-state index in [4.69, 9.17) is 9.47 Å². The van der Waals surface area contributed by atoms with Crippen molar-refractivity contribution >= 4 is 11.9 Å². The van der Waals surface area contributed by atoms with Gasteiger partial charge in [-0.2, -0.15) is 0 Å². The van der Waals surface area contributed by atoms with E-state index in [-0.39, 0.29) is 12.4 Å². The second-order valence-electron chi connectivity index (χ2n) is 7.05. The fraction of sp³-hybridized carbons (Fsp3) is 0.550. The van der Waals surface area contributed by atoms with Gasteiger partial charge in [-0.15, -0.1) is 5.10 Å². The summed E-state index contributed by atoms with van der Waals surface area (Å²) in [6.07, 6.45) is 4.45. The molecule has 1 N–H and O–H groups in total. The van der Waals surface area contributed by atoms with E-state index < -0.39 is 6.09 Å². The minimum absolute atomic E-state index is 0.0690. The van der Waals surface area contributed by atoms with Crippen molar-refractivity contribution in [1.29, 1.82) is 0 Å². The molecule has 1 fully saturated rings. The molecule has 0 saturated heterocycles. The zero-order chi connectivity index (χ0) is 21.4. The predicted octanol–water partition coefficient (Wildman–Crippen LogP) is 2.96. The fourth-order valence-corrected chi connectivity index (χ4v) is 2.93. The number of rotatable bonds is 5. The Morgan fingerprint density at radius 3 is 2.48 bits per heavy atom. The van der Waals surface area contributed by atoms with Crippen LogP contribution in [0.2, 0.25) is 0 Å². The van der Waals surface area contributed by atoms with Gasteiger partial charge in [0.05, 0.1) is 17.5 Å². The summed E-state index contributed by atoms with van der Waals surface area (Å²) in [5, 5.41) is 10.6. The summed E-state index contributed by atoms with van der Waals surface area (Å²) in [6, 6.07) is 3.79. The Morgan fingerprint density at radius 1 is 1.24 bits per heavy atom. The maximum atomic E-state index is 11.3. The molecule has 0 bridgehead atoms. The van der Waals surface area contributed by atoms with Crippen LogP contribution in [0, 0.1) is 6.92 Å². The molecule has 2 heterocycles. The molecule has 0 aromatic carbocycles. The monoisotopic (exact) mass is 403 g/mol. The van der Waals surface area contributed by atoms with Crippen molar-refractivity contribution in [2.45, 2.75) is 59.2 Å². The van der Waals surface area contributed by atoms with Gasteiger partial charge in [-0.05, 0) is 58.6 Å². The number of carbonyl (C=O) groups excluding carboxylic acids is 2. The lowest BCUT2D eigenvalue weighted by Gasteiger charge is -2.15. The van der Waals surface area contributed by atoms with Crippen LogP contribution in [0.1, 0.15) is 50.9 Å². The summed E-state index contributed by atoms with van der Waals surface area (Å²) in [6.45, 7) is 5.05. The second-order valence-corrected chi connectivity index (χ2v) is 7.05. The standard InChI is InChI=1S/C17H23N5O3.C3H6O/c1-11-15(25-12-6-4-5-7-12)9-8-13(19-11)16-14(22(3)21-20-16)10-24-17(23)18-2;1-3(2)4/h8-9,12H,4-7,10H2,1-3H3,(H,18,23);1-2H3.